The Bertz CT molecular complexity index is 1520. The molecule has 1 aromatic heterocycles. The van der Waals surface area contributed by atoms with Crippen LogP contribution >= 0.6 is 0 Å². The predicted molar refractivity (Wildman–Crippen MR) is 149 cm³/mol. The minimum absolute atomic E-state index is 0.0591. The molecule has 2 aromatic carbocycles. The maximum atomic E-state index is 13.7. The van der Waals surface area contributed by atoms with E-state index in [0.29, 0.717) is 22.6 Å². The highest BCUT2D eigenvalue weighted by Gasteiger charge is 2.35. The van der Waals surface area contributed by atoms with Gasteiger partial charge in [0.15, 0.2) is 0 Å². The first-order chi connectivity index (χ1) is 19.9. The second-order valence-corrected chi connectivity index (χ2v) is 12.8. The summed E-state index contributed by atoms with van der Waals surface area (Å²) in [5, 5.41) is 34.0. The molecule has 0 aliphatic heterocycles. The molecule has 1 saturated carbocycles. The largest absolute Gasteiger partial charge is 0.550 e. The van der Waals surface area contributed by atoms with Gasteiger partial charge >= 0.3 is 0 Å². The van der Waals surface area contributed by atoms with Crippen molar-refractivity contribution in [3.8, 4) is 11.4 Å². The van der Waals surface area contributed by atoms with E-state index in [2.05, 4.69) is 10.3 Å². The number of carboxylic acid groups (broad SMARTS) is 1. The van der Waals surface area contributed by atoms with E-state index in [1.54, 1.807) is 24.3 Å². The normalized spacial score (nSPS) is 15.0. The van der Waals surface area contributed by atoms with E-state index in [-0.39, 0.29) is 42.4 Å². The number of carbonyl (C=O) groups is 2. The molecule has 226 valence electrons. The van der Waals surface area contributed by atoms with Crippen molar-refractivity contribution in [3.05, 3.63) is 71.3 Å². The SMILES string of the molecule is CN(C)S(=O)(=O)c1ccc(CNC(=O)c2nc(-c3ccc(F)cc3)n(CC[C@@H](O)C[C@@H](O)CC(=O)[O-])c2C2CC2)cc1. The number of aliphatic hydroxyl groups is 2. The number of amides is 1. The minimum Gasteiger partial charge on any atom is -0.550 e. The Labute approximate surface area is 243 Å². The van der Waals surface area contributed by atoms with Gasteiger partial charge in [0.1, 0.15) is 17.3 Å². The van der Waals surface area contributed by atoms with Crippen molar-refractivity contribution in [1.82, 2.24) is 19.2 Å². The number of halogens is 1. The minimum atomic E-state index is -3.58. The number of aliphatic carboxylic acids is 1. The molecular weight excluding hydrogens is 567 g/mol. The second kappa shape index (κ2) is 13.1. The number of imidazole rings is 1. The molecule has 0 radical (unpaired) electrons. The van der Waals surface area contributed by atoms with Crippen molar-refractivity contribution in [2.75, 3.05) is 14.1 Å². The van der Waals surface area contributed by atoms with Crippen LogP contribution in [0.2, 0.25) is 0 Å². The average Bonchev–Trinajstić information content (AvgIpc) is 3.70. The van der Waals surface area contributed by atoms with Crippen molar-refractivity contribution in [2.45, 2.75) is 68.2 Å². The van der Waals surface area contributed by atoms with Gasteiger partial charge in [0.25, 0.3) is 5.91 Å². The summed E-state index contributed by atoms with van der Waals surface area (Å²) in [5.74, 6) is -1.80. The fraction of sp³-hybridized carbons (Fsp3) is 0.414. The third-order valence-electron chi connectivity index (χ3n) is 7.08. The van der Waals surface area contributed by atoms with Gasteiger partial charge in [-0.05, 0) is 67.6 Å². The summed E-state index contributed by atoms with van der Waals surface area (Å²) in [7, 11) is -0.690. The zero-order chi connectivity index (χ0) is 30.6. The van der Waals surface area contributed by atoms with Gasteiger partial charge in [-0.25, -0.2) is 22.1 Å². The molecule has 0 spiro atoms. The molecule has 0 saturated heterocycles. The topological polar surface area (TPSA) is 165 Å². The van der Waals surface area contributed by atoms with Crippen LogP contribution in [0.1, 0.15) is 59.8 Å². The number of nitrogens with zero attached hydrogens (tertiary/aromatic N) is 3. The quantitative estimate of drug-likeness (QED) is 0.249. The van der Waals surface area contributed by atoms with E-state index in [4.69, 9.17) is 0 Å². The molecule has 1 heterocycles. The van der Waals surface area contributed by atoms with Crippen LogP contribution in [-0.4, -0.2) is 70.7 Å². The van der Waals surface area contributed by atoms with Crippen molar-refractivity contribution < 1.29 is 37.7 Å². The zero-order valence-electron chi connectivity index (χ0n) is 23.4. The summed E-state index contributed by atoms with van der Waals surface area (Å²) in [4.78, 5) is 29.0. The summed E-state index contributed by atoms with van der Waals surface area (Å²) in [6.07, 6.45) is -1.20. The van der Waals surface area contributed by atoms with E-state index >= 15 is 0 Å². The number of sulfonamides is 1. The van der Waals surface area contributed by atoms with Gasteiger partial charge < -0.3 is 30.0 Å². The first kappa shape index (κ1) is 31.3. The van der Waals surface area contributed by atoms with Gasteiger partial charge in [0.05, 0.1) is 22.8 Å². The van der Waals surface area contributed by atoms with Crippen LogP contribution in [0.4, 0.5) is 4.39 Å². The Morgan fingerprint density at radius 3 is 2.31 bits per heavy atom. The monoisotopic (exact) mass is 601 g/mol. The molecule has 13 heteroatoms. The standard InChI is InChI=1S/C29H35FN4O7S/c1-33(2)42(40,41)24-11-3-18(4-12-24)17-31-29(39)26-27(19-5-6-19)34(14-13-22(35)15-23(36)16-25(37)38)28(32-26)20-7-9-21(30)10-8-20/h3-4,7-12,19,22-23,35-36H,5-6,13-17H2,1-2H3,(H,31,39)(H,37,38)/p-1/t22-,23-/m1/s1. The highest BCUT2D eigenvalue weighted by Crippen LogP contribution is 2.43. The van der Waals surface area contributed by atoms with E-state index in [9.17, 15) is 37.7 Å². The number of rotatable bonds is 14. The molecular formula is C29H34FN4O7S-. The molecule has 0 unspecified atom stereocenters. The van der Waals surface area contributed by atoms with Gasteiger partial charge in [0.2, 0.25) is 10.0 Å². The van der Waals surface area contributed by atoms with Gasteiger partial charge in [0, 0.05) is 51.1 Å². The van der Waals surface area contributed by atoms with Crippen LogP contribution < -0.4 is 10.4 Å². The molecule has 42 heavy (non-hydrogen) atoms. The number of benzene rings is 2. The average molecular weight is 602 g/mol. The molecule has 1 aliphatic carbocycles. The summed E-state index contributed by atoms with van der Waals surface area (Å²) in [5.41, 5.74) is 2.14. The van der Waals surface area contributed by atoms with Crippen LogP contribution in [0.5, 0.6) is 0 Å². The first-order valence-corrected chi connectivity index (χ1v) is 15.0. The van der Waals surface area contributed by atoms with Crippen LogP contribution in [0.15, 0.2) is 53.4 Å². The number of hydrogen-bond donors (Lipinski definition) is 3. The Morgan fingerprint density at radius 2 is 1.74 bits per heavy atom. The van der Waals surface area contributed by atoms with Crippen molar-refractivity contribution in [3.63, 3.8) is 0 Å². The molecule has 11 nitrogen and oxygen atoms in total. The molecule has 4 rings (SSSR count). The van der Waals surface area contributed by atoms with E-state index < -0.39 is 46.3 Å². The smallest absolute Gasteiger partial charge is 0.272 e. The Hall–Kier alpha value is -3.65. The van der Waals surface area contributed by atoms with Gasteiger partial charge in [-0.15, -0.1) is 0 Å². The zero-order valence-corrected chi connectivity index (χ0v) is 24.2. The van der Waals surface area contributed by atoms with Crippen LogP contribution in [-0.2, 0) is 27.9 Å². The lowest BCUT2D eigenvalue weighted by atomic mass is 10.1. The highest BCUT2D eigenvalue weighted by atomic mass is 32.2. The summed E-state index contributed by atoms with van der Waals surface area (Å²) < 4.78 is 41.3. The lowest BCUT2D eigenvalue weighted by molar-refractivity contribution is -0.307. The number of nitrogens with one attached hydrogen (secondary N) is 1. The van der Waals surface area contributed by atoms with Gasteiger partial charge in [-0.3, -0.25) is 4.79 Å². The lowest BCUT2D eigenvalue weighted by Crippen LogP contribution is -2.29. The maximum Gasteiger partial charge on any atom is 0.272 e. The van der Waals surface area contributed by atoms with Crippen LogP contribution in [0, 0.1) is 5.82 Å². The molecule has 1 amide bonds. The molecule has 3 aromatic rings. The Morgan fingerprint density at radius 1 is 1.10 bits per heavy atom. The number of hydrogen-bond acceptors (Lipinski definition) is 8. The lowest BCUT2D eigenvalue weighted by Gasteiger charge is -2.18. The molecule has 3 N–H and O–H groups in total. The Balaban J connectivity index is 1.57. The highest BCUT2D eigenvalue weighted by molar-refractivity contribution is 7.89. The number of carboxylic acids is 1. The molecule has 0 bridgehead atoms. The molecule has 1 fully saturated rings. The number of carbonyl (C=O) groups excluding carboxylic acids is 2. The Kier molecular flexibility index (Phi) is 9.77. The van der Waals surface area contributed by atoms with Crippen molar-refractivity contribution in [1.29, 1.82) is 0 Å². The third-order valence-corrected chi connectivity index (χ3v) is 8.91. The predicted octanol–water partition coefficient (Wildman–Crippen LogP) is 1.39. The summed E-state index contributed by atoms with van der Waals surface area (Å²) >= 11 is 0. The second-order valence-electron chi connectivity index (χ2n) is 10.6. The number of aliphatic hydroxyl groups excluding tert-OH is 2. The fourth-order valence-electron chi connectivity index (χ4n) is 4.69. The van der Waals surface area contributed by atoms with E-state index in [1.165, 1.54) is 38.4 Å². The van der Waals surface area contributed by atoms with Crippen molar-refractivity contribution >= 4 is 21.9 Å². The molecule has 2 atom stereocenters. The summed E-state index contributed by atoms with van der Waals surface area (Å²) in [6, 6.07) is 11.9. The third kappa shape index (κ3) is 7.59. The van der Waals surface area contributed by atoms with Crippen LogP contribution in [0.3, 0.4) is 0 Å². The number of aromatic nitrogens is 2. The van der Waals surface area contributed by atoms with Crippen molar-refractivity contribution in [2.24, 2.45) is 0 Å². The summed E-state index contributed by atoms with van der Waals surface area (Å²) in [6.45, 7) is 0.346. The van der Waals surface area contributed by atoms with Gasteiger partial charge in [-0.2, -0.15) is 0 Å². The first-order valence-electron chi connectivity index (χ1n) is 13.6. The fourth-order valence-corrected chi connectivity index (χ4v) is 5.59. The molecule has 1 aliphatic rings. The van der Waals surface area contributed by atoms with Gasteiger partial charge in [-0.1, -0.05) is 12.1 Å². The maximum absolute atomic E-state index is 13.7. The van der Waals surface area contributed by atoms with E-state index in [0.717, 1.165) is 17.1 Å². The van der Waals surface area contributed by atoms with E-state index in [1.807, 2.05) is 4.57 Å². The van der Waals surface area contributed by atoms with Crippen LogP contribution in [0.25, 0.3) is 11.4 Å².